The van der Waals surface area contributed by atoms with E-state index in [-0.39, 0.29) is 23.6 Å². The summed E-state index contributed by atoms with van der Waals surface area (Å²) in [7, 11) is 0. The second kappa shape index (κ2) is 8.50. The van der Waals surface area contributed by atoms with Crippen molar-refractivity contribution in [3.05, 3.63) is 77.1 Å². The van der Waals surface area contributed by atoms with Crippen LogP contribution in [0.3, 0.4) is 0 Å². The van der Waals surface area contributed by atoms with Gasteiger partial charge < -0.3 is 14.6 Å². The Morgan fingerprint density at radius 1 is 1.09 bits per heavy atom. The minimum atomic E-state index is -0.386. The van der Waals surface area contributed by atoms with Gasteiger partial charge in [-0.25, -0.2) is 4.79 Å². The van der Waals surface area contributed by atoms with Gasteiger partial charge in [0, 0.05) is 17.9 Å². The first-order valence-corrected chi connectivity index (χ1v) is 11.3. The van der Waals surface area contributed by atoms with Crippen LogP contribution in [0.15, 0.2) is 71.5 Å². The second-order valence-corrected chi connectivity index (χ2v) is 10.0. The van der Waals surface area contributed by atoms with Crippen molar-refractivity contribution in [2.24, 2.45) is 5.92 Å². The molecule has 0 aromatic heterocycles. The van der Waals surface area contributed by atoms with Gasteiger partial charge in [-0.2, -0.15) is 0 Å². The molecule has 0 saturated heterocycles. The summed E-state index contributed by atoms with van der Waals surface area (Å²) in [5, 5.41) is 13.0. The van der Waals surface area contributed by atoms with E-state index in [2.05, 4.69) is 65.0 Å². The lowest BCUT2D eigenvalue weighted by atomic mass is 9.79. The van der Waals surface area contributed by atoms with Gasteiger partial charge in [-0.3, -0.25) is 0 Å². The molecular weight excluding hydrogens is 400 g/mol. The Hall–Kier alpha value is -3.01. The van der Waals surface area contributed by atoms with Crippen molar-refractivity contribution < 1.29 is 19.4 Å². The Morgan fingerprint density at radius 2 is 1.81 bits per heavy atom. The Bertz CT molecular complexity index is 1130. The maximum absolute atomic E-state index is 11.6. The fourth-order valence-electron chi connectivity index (χ4n) is 4.57. The lowest BCUT2D eigenvalue weighted by molar-refractivity contribution is -0.142. The number of fused-ring (bicyclic) bond motifs is 2. The van der Waals surface area contributed by atoms with Gasteiger partial charge >= 0.3 is 5.97 Å². The largest absolute Gasteiger partial charge is 0.512 e. The van der Waals surface area contributed by atoms with Gasteiger partial charge in [-0.1, -0.05) is 44.2 Å². The molecule has 1 aliphatic carbocycles. The molecule has 2 aliphatic rings. The predicted octanol–water partition coefficient (Wildman–Crippen LogP) is 6.77. The number of carbonyl (C=O) groups excluding carboxylic acids is 1. The molecule has 1 heterocycles. The molecule has 0 fully saturated rings. The highest BCUT2D eigenvalue weighted by Gasteiger charge is 2.30. The Morgan fingerprint density at radius 3 is 2.50 bits per heavy atom. The van der Waals surface area contributed by atoms with E-state index < -0.39 is 0 Å². The molecule has 2 atom stereocenters. The van der Waals surface area contributed by atoms with E-state index in [1.165, 1.54) is 17.0 Å². The molecule has 4 rings (SSSR count). The van der Waals surface area contributed by atoms with Crippen molar-refractivity contribution in [1.82, 2.24) is 0 Å². The number of ether oxygens (including phenoxy) is 2. The third-order valence-corrected chi connectivity index (χ3v) is 6.11. The molecular formula is C28H32O4. The van der Waals surface area contributed by atoms with Crippen LogP contribution in [-0.4, -0.2) is 22.8 Å². The molecule has 0 spiro atoms. The number of aliphatic hydroxyl groups is 1. The number of allylic oxidation sites excluding steroid dienone is 2. The van der Waals surface area contributed by atoms with Crippen molar-refractivity contribution in [3.8, 4) is 5.75 Å². The zero-order valence-electron chi connectivity index (χ0n) is 19.5. The maximum atomic E-state index is 11.6. The zero-order valence-corrected chi connectivity index (χ0v) is 19.5. The first-order valence-electron chi connectivity index (χ1n) is 11.3. The number of rotatable bonds is 5. The van der Waals surface area contributed by atoms with Crippen molar-refractivity contribution in [2.75, 3.05) is 0 Å². The molecule has 2 aromatic carbocycles. The van der Waals surface area contributed by atoms with Crippen molar-refractivity contribution in [2.45, 2.75) is 65.1 Å². The SMILES string of the molecule is CC(C)C(CC1=C(O)CC2OC(=O)C=CC2=C1)c1ccc(OC(C)(C)C)c2ccccc12. The molecule has 32 heavy (non-hydrogen) atoms. The molecule has 168 valence electrons. The maximum Gasteiger partial charge on any atom is 0.331 e. The van der Waals surface area contributed by atoms with Crippen LogP contribution in [0.1, 0.15) is 58.9 Å². The highest BCUT2D eigenvalue weighted by molar-refractivity contribution is 5.91. The average molecular weight is 433 g/mol. The quantitative estimate of drug-likeness (QED) is 0.530. The molecule has 4 heteroatoms. The third-order valence-electron chi connectivity index (χ3n) is 6.11. The van der Waals surface area contributed by atoms with Gasteiger partial charge in [-0.15, -0.1) is 0 Å². The van der Waals surface area contributed by atoms with Gasteiger partial charge in [0.05, 0.1) is 5.76 Å². The summed E-state index contributed by atoms with van der Waals surface area (Å²) in [5.41, 5.74) is 2.83. The number of aliphatic hydroxyl groups excluding tert-OH is 1. The molecule has 2 aromatic rings. The van der Waals surface area contributed by atoms with E-state index in [0.717, 1.165) is 22.3 Å². The van der Waals surface area contributed by atoms with Crippen LogP contribution in [0.2, 0.25) is 0 Å². The van der Waals surface area contributed by atoms with Crippen LogP contribution in [0.25, 0.3) is 10.8 Å². The summed E-state index contributed by atoms with van der Waals surface area (Å²) >= 11 is 0. The number of carbonyl (C=O) groups is 1. The van der Waals surface area contributed by atoms with Crippen LogP contribution in [0, 0.1) is 5.92 Å². The van der Waals surface area contributed by atoms with Gasteiger partial charge in [0.2, 0.25) is 0 Å². The van der Waals surface area contributed by atoms with E-state index in [9.17, 15) is 9.90 Å². The van der Waals surface area contributed by atoms with Crippen molar-refractivity contribution >= 4 is 16.7 Å². The minimum absolute atomic E-state index is 0.212. The summed E-state index contributed by atoms with van der Waals surface area (Å²) in [6.07, 6.45) is 5.90. The van der Waals surface area contributed by atoms with E-state index >= 15 is 0 Å². The standard InChI is InChI=1S/C28H32O4/c1-17(2)23(15-19-14-18-10-13-27(30)31-26(18)16-24(19)29)21-11-12-25(32-28(3,4)5)22-9-7-6-8-20(21)22/h6-14,17,23,26,29H,15-16H2,1-5H3. The predicted molar refractivity (Wildman–Crippen MR) is 128 cm³/mol. The number of hydrogen-bond donors (Lipinski definition) is 1. The van der Waals surface area contributed by atoms with Crippen LogP contribution in [-0.2, 0) is 9.53 Å². The summed E-state index contributed by atoms with van der Waals surface area (Å²) in [6, 6.07) is 12.6. The van der Waals surface area contributed by atoms with Crippen molar-refractivity contribution in [1.29, 1.82) is 0 Å². The normalized spacial score (nSPS) is 19.6. The smallest absolute Gasteiger partial charge is 0.331 e. The third kappa shape index (κ3) is 4.59. The van der Waals surface area contributed by atoms with Crippen LogP contribution in [0.4, 0.5) is 0 Å². The topological polar surface area (TPSA) is 55.8 Å². The average Bonchev–Trinajstić information content (AvgIpc) is 2.72. The van der Waals surface area contributed by atoms with Gasteiger partial charge in [0.15, 0.2) is 0 Å². The number of hydrogen-bond acceptors (Lipinski definition) is 4. The fourth-order valence-corrected chi connectivity index (χ4v) is 4.57. The molecule has 2 unspecified atom stereocenters. The summed E-state index contributed by atoms with van der Waals surface area (Å²) < 4.78 is 11.6. The van der Waals surface area contributed by atoms with Gasteiger partial charge in [0.25, 0.3) is 0 Å². The summed E-state index contributed by atoms with van der Waals surface area (Å²) in [6.45, 7) is 10.6. The monoisotopic (exact) mass is 432 g/mol. The van der Waals surface area contributed by atoms with Gasteiger partial charge in [0.1, 0.15) is 17.5 Å². The van der Waals surface area contributed by atoms with Crippen LogP contribution < -0.4 is 4.74 Å². The van der Waals surface area contributed by atoms with Crippen LogP contribution >= 0.6 is 0 Å². The fraction of sp³-hybridized carbons (Fsp3) is 0.393. The van der Waals surface area contributed by atoms with E-state index in [4.69, 9.17) is 9.47 Å². The lowest BCUT2D eigenvalue weighted by Crippen LogP contribution is -2.26. The van der Waals surface area contributed by atoms with E-state index in [1.54, 1.807) is 6.08 Å². The van der Waals surface area contributed by atoms with Crippen LogP contribution in [0.5, 0.6) is 5.75 Å². The van der Waals surface area contributed by atoms with E-state index in [1.807, 2.05) is 12.1 Å². The molecule has 1 aliphatic heterocycles. The zero-order chi connectivity index (χ0) is 23.0. The summed E-state index contributed by atoms with van der Waals surface area (Å²) in [4.78, 5) is 11.6. The van der Waals surface area contributed by atoms with Crippen molar-refractivity contribution in [3.63, 3.8) is 0 Å². The lowest BCUT2D eigenvalue weighted by Gasteiger charge is -2.30. The first-order chi connectivity index (χ1) is 15.1. The first kappa shape index (κ1) is 22.2. The number of esters is 1. The number of benzene rings is 2. The highest BCUT2D eigenvalue weighted by atomic mass is 16.5. The Balaban J connectivity index is 1.72. The molecule has 0 radical (unpaired) electrons. The molecule has 4 nitrogen and oxygen atoms in total. The molecule has 1 N–H and O–H groups in total. The molecule has 0 bridgehead atoms. The Kier molecular flexibility index (Phi) is 5.89. The van der Waals surface area contributed by atoms with E-state index in [0.29, 0.717) is 24.5 Å². The highest BCUT2D eigenvalue weighted by Crippen LogP contribution is 2.41. The Labute approximate surface area is 190 Å². The molecule has 0 saturated carbocycles. The van der Waals surface area contributed by atoms with Gasteiger partial charge in [-0.05, 0) is 79.3 Å². The second-order valence-electron chi connectivity index (χ2n) is 10.0. The molecule has 0 amide bonds. The summed E-state index contributed by atoms with van der Waals surface area (Å²) in [5.74, 6) is 1.42. The minimum Gasteiger partial charge on any atom is -0.512 e.